The van der Waals surface area contributed by atoms with Crippen molar-refractivity contribution in [1.29, 1.82) is 5.26 Å². The Hall–Kier alpha value is -2.04. The van der Waals surface area contributed by atoms with Gasteiger partial charge in [-0.15, -0.1) is 0 Å². The van der Waals surface area contributed by atoms with E-state index >= 15 is 0 Å². The Morgan fingerprint density at radius 3 is 2.88 bits per heavy atom. The van der Waals surface area contributed by atoms with E-state index in [1.165, 1.54) is 13.1 Å². The van der Waals surface area contributed by atoms with Crippen LogP contribution in [0.4, 0.5) is 0 Å². The van der Waals surface area contributed by atoms with Crippen LogP contribution < -0.4 is 16.6 Å². The summed E-state index contributed by atoms with van der Waals surface area (Å²) in [5, 5.41) is 23.2. The molecular formula is C13H14N4O7S. The first-order valence-corrected chi connectivity index (χ1v) is 8.99. The van der Waals surface area contributed by atoms with Gasteiger partial charge in [0.15, 0.2) is 17.4 Å². The van der Waals surface area contributed by atoms with Crippen LogP contribution in [0.15, 0.2) is 15.8 Å². The second-order valence-electron chi connectivity index (χ2n) is 6.42. The van der Waals surface area contributed by atoms with Gasteiger partial charge in [-0.2, -0.15) is 13.7 Å². The number of hydrogen-bond donors (Lipinski definition) is 3. The van der Waals surface area contributed by atoms with Gasteiger partial charge in [0.05, 0.1) is 6.07 Å². The van der Waals surface area contributed by atoms with Crippen LogP contribution in [0.1, 0.15) is 11.8 Å². The predicted octanol–water partition coefficient (Wildman–Crippen LogP) is -2.93. The van der Waals surface area contributed by atoms with Crippen molar-refractivity contribution in [3.05, 3.63) is 32.6 Å². The van der Waals surface area contributed by atoms with E-state index in [1.807, 2.05) is 6.07 Å². The fourth-order valence-electron chi connectivity index (χ4n) is 3.87. The topological polar surface area (TPSA) is 164 Å². The zero-order valence-electron chi connectivity index (χ0n) is 12.9. The van der Waals surface area contributed by atoms with Gasteiger partial charge in [0.25, 0.3) is 15.7 Å². The summed E-state index contributed by atoms with van der Waals surface area (Å²) in [4.78, 5) is 25.7. The number of nitriles is 1. The second-order valence-corrected chi connectivity index (χ2v) is 7.99. The van der Waals surface area contributed by atoms with Crippen LogP contribution in [-0.2, 0) is 19.0 Å². The number of aromatic nitrogens is 2. The molecule has 134 valence electrons. The molecule has 3 aliphatic heterocycles. The fraction of sp³-hybridized carbons (Fsp3) is 0.615. The highest BCUT2D eigenvalue weighted by atomic mass is 32.2. The summed E-state index contributed by atoms with van der Waals surface area (Å²) in [7, 11) is -4.07. The molecule has 4 heterocycles. The Kier molecular flexibility index (Phi) is 3.14. The van der Waals surface area contributed by atoms with Crippen molar-refractivity contribution in [2.45, 2.75) is 36.5 Å². The molecule has 3 N–H and O–H groups in total. The monoisotopic (exact) mass is 370 g/mol. The highest BCUT2D eigenvalue weighted by Crippen LogP contribution is 2.53. The van der Waals surface area contributed by atoms with Gasteiger partial charge in [0, 0.05) is 18.3 Å². The Bertz CT molecular complexity index is 1020. The van der Waals surface area contributed by atoms with Crippen LogP contribution in [0.25, 0.3) is 0 Å². The Labute approximate surface area is 140 Å². The molecule has 0 unspecified atom stereocenters. The number of aromatic amines is 1. The van der Waals surface area contributed by atoms with E-state index in [0.717, 1.165) is 4.57 Å². The van der Waals surface area contributed by atoms with Gasteiger partial charge in [0.1, 0.15) is 18.0 Å². The first kappa shape index (κ1) is 16.4. The third-order valence-corrected chi connectivity index (χ3v) is 6.33. The fourth-order valence-corrected chi connectivity index (χ4v) is 5.62. The molecule has 0 saturated carbocycles. The van der Waals surface area contributed by atoms with Crippen molar-refractivity contribution >= 4 is 10.1 Å². The zero-order chi connectivity index (χ0) is 18.2. The Morgan fingerprint density at radius 1 is 1.48 bits per heavy atom. The SMILES string of the molecule is Cc1cn([C@@H]2O[C@@H]3CN[C@@]4(C#N)CS(=O)(=O)O[C@@]34[C@H]2O)c(=O)[nH]c1=O. The molecule has 3 aliphatic rings. The maximum atomic E-state index is 12.1. The number of aryl methyl sites for hydroxylation is 1. The standard InChI is InChI=1S/C13H14N4O7S/c1-6-3-17(11(20)16-9(6)19)10-8(18)13-7(23-10)2-15-12(13,4-14)5-25(21,22)24-13/h3,7-8,10,15,18H,2,5H2,1H3,(H,16,19,20)/t7-,8+,10-,12+,13-/m1/s1. The van der Waals surface area contributed by atoms with Crippen LogP contribution in [0.3, 0.4) is 0 Å². The van der Waals surface area contributed by atoms with Crippen molar-refractivity contribution in [3.8, 4) is 6.07 Å². The molecule has 25 heavy (non-hydrogen) atoms. The lowest BCUT2D eigenvalue weighted by molar-refractivity contribution is -0.0562. The van der Waals surface area contributed by atoms with E-state index in [9.17, 15) is 28.4 Å². The van der Waals surface area contributed by atoms with Crippen molar-refractivity contribution < 1.29 is 22.4 Å². The number of hydrogen-bond acceptors (Lipinski definition) is 9. The van der Waals surface area contributed by atoms with Crippen molar-refractivity contribution in [2.75, 3.05) is 12.3 Å². The second kappa shape index (κ2) is 4.77. The molecule has 0 amide bonds. The lowest BCUT2D eigenvalue weighted by Gasteiger charge is -2.33. The van der Waals surface area contributed by atoms with Gasteiger partial charge in [-0.05, 0) is 6.92 Å². The summed E-state index contributed by atoms with van der Waals surface area (Å²) in [6.07, 6.45) is -2.70. The zero-order valence-corrected chi connectivity index (χ0v) is 13.7. The van der Waals surface area contributed by atoms with Crippen molar-refractivity contribution in [1.82, 2.24) is 14.9 Å². The van der Waals surface area contributed by atoms with Crippen LogP contribution in [0.5, 0.6) is 0 Å². The first-order valence-electron chi connectivity index (χ1n) is 7.41. The van der Waals surface area contributed by atoms with Crippen LogP contribution in [0.2, 0.25) is 0 Å². The number of aliphatic hydroxyl groups excluding tert-OH is 1. The highest BCUT2D eigenvalue weighted by molar-refractivity contribution is 7.87. The lowest BCUT2D eigenvalue weighted by atomic mass is 9.78. The maximum absolute atomic E-state index is 12.1. The van der Waals surface area contributed by atoms with Gasteiger partial charge < -0.3 is 9.84 Å². The molecule has 5 atom stereocenters. The van der Waals surface area contributed by atoms with E-state index in [4.69, 9.17) is 8.92 Å². The Morgan fingerprint density at radius 2 is 2.20 bits per heavy atom. The van der Waals surface area contributed by atoms with Crippen LogP contribution >= 0.6 is 0 Å². The number of aliphatic hydroxyl groups is 1. The van der Waals surface area contributed by atoms with Gasteiger partial charge in [-0.25, -0.2) is 4.79 Å². The molecule has 1 aromatic rings. The highest BCUT2D eigenvalue weighted by Gasteiger charge is 2.78. The summed E-state index contributed by atoms with van der Waals surface area (Å²) in [5.41, 5.74) is -4.76. The van der Waals surface area contributed by atoms with Crippen LogP contribution in [-0.4, -0.2) is 58.7 Å². The molecule has 3 saturated heterocycles. The lowest BCUT2D eigenvalue weighted by Crippen LogP contribution is -2.62. The van der Waals surface area contributed by atoms with E-state index in [2.05, 4.69) is 10.3 Å². The third kappa shape index (κ3) is 1.89. The number of nitrogens with zero attached hydrogens (tertiary/aromatic N) is 2. The number of rotatable bonds is 1. The van der Waals surface area contributed by atoms with Crippen molar-refractivity contribution in [2.24, 2.45) is 0 Å². The molecule has 4 rings (SSSR count). The van der Waals surface area contributed by atoms with Crippen LogP contribution in [0, 0.1) is 18.3 Å². The summed E-state index contributed by atoms with van der Waals surface area (Å²) in [5.74, 6) is -0.639. The third-order valence-electron chi connectivity index (χ3n) is 5.02. The average Bonchev–Trinajstić information content (AvgIpc) is 3.05. The summed E-state index contributed by atoms with van der Waals surface area (Å²) < 4.78 is 35.8. The number of H-pyrrole nitrogens is 1. The minimum atomic E-state index is -4.07. The number of ether oxygens (including phenoxy) is 1. The molecule has 0 bridgehead atoms. The van der Waals surface area contributed by atoms with E-state index in [1.54, 1.807) is 0 Å². The predicted molar refractivity (Wildman–Crippen MR) is 79.9 cm³/mol. The smallest absolute Gasteiger partial charge is 0.330 e. The summed E-state index contributed by atoms with van der Waals surface area (Å²) in [6.45, 7) is 1.53. The minimum absolute atomic E-state index is 0.0632. The quantitative estimate of drug-likeness (QED) is 0.439. The largest absolute Gasteiger partial charge is 0.385 e. The maximum Gasteiger partial charge on any atom is 0.330 e. The molecule has 0 aliphatic carbocycles. The van der Waals surface area contributed by atoms with Gasteiger partial charge >= 0.3 is 5.69 Å². The van der Waals surface area contributed by atoms with Gasteiger partial charge in [-0.3, -0.25) is 23.8 Å². The van der Waals surface area contributed by atoms with E-state index < -0.39 is 56.7 Å². The molecule has 12 heteroatoms. The average molecular weight is 370 g/mol. The first-order chi connectivity index (χ1) is 11.7. The molecule has 1 aromatic heterocycles. The molecule has 1 spiro atoms. The summed E-state index contributed by atoms with van der Waals surface area (Å²) >= 11 is 0. The molecule has 3 fully saturated rings. The molecule has 0 aromatic carbocycles. The number of nitrogens with one attached hydrogen (secondary N) is 2. The molecule has 0 radical (unpaired) electrons. The van der Waals surface area contributed by atoms with E-state index in [0.29, 0.717) is 0 Å². The molecular weight excluding hydrogens is 356 g/mol. The van der Waals surface area contributed by atoms with E-state index in [-0.39, 0.29) is 12.1 Å². The minimum Gasteiger partial charge on any atom is -0.385 e. The van der Waals surface area contributed by atoms with Crippen molar-refractivity contribution in [3.63, 3.8) is 0 Å². The van der Waals surface area contributed by atoms with Gasteiger partial charge in [-0.1, -0.05) is 0 Å². The van der Waals surface area contributed by atoms with Gasteiger partial charge in [0.2, 0.25) is 0 Å². The summed E-state index contributed by atoms with van der Waals surface area (Å²) in [6, 6.07) is 1.89. The normalized spacial score (nSPS) is 41.2. The Balaban J connectivity index is 1.86. The molecule has 11 nitrogen and oxygen atoms in total.